The van der Waals surface area contributed by atoms with Crippen LogP contribution in [0.2, 0.25) is 0 Å². The van der Waals surface area contributed by atoms with Crippen molar-refractivity contribution >= 4 is 5.97 Å². The molecule has 1 saturated carbocycles. The van der Waals surface area contributed by atoms with Crippen molar-refractivity contribution in [1.82, 2.24) is 10.2 Å². The van der Waals surface area contributed by atoms with Crippen molar-refractivity contribution in [1.29, 1.82) is 0 Å². The minimum atomic E-state index is -4.22. The maximum absolute atomic E-state index is 12.3. The Morgan fingerprint density at radius 2 is 2.12 bits per heavy atom. The van der Waals surface area contributed by atoms with Crippen molar-refractivity contribution in [3.8, 4) is 0 Å². The Labute approximate surface area is 97.8 Å². The van der Waals surface area contributed by atoms with Crippen LogP contribution in [-0.4, -0.2) is 54.4 Å². The molecule has 0 aliphatic heterocycles. The fourth-order valence-corrected chi connectivity index (χ4v) is 1.75. The van der Waals surface area contributed by atoms with Gasteiger partial charge >= 0.3 is 12.1 Å². The van der Waals surface area contributed by atoms with Crippen molar-refractivity contribution in [3.63, 3.8) is 0 Å². The summed E-state index contributed by atoms with van der Waals surface area (Å²) in [6, 6.07) is -0.813. The van der Waals surface area contributed by atoms with E-state index in [1.54, 1.807) is 0 Å². The normalized spacial score (nSPS) is 18.4. The molecule has 0 amide bonds. The lowest BCUT2D eigenvalue weighted by Gasteiger charge is -2.24. The van der Waals surface area contributed by atoms with Crippen molar-refractivity contribution in [2.75, 3.05) is 20.1 Å². The Bertz CT molecular complexity index is 267. The summed E-state index contributed by atoms with van der Waals surface area (Å²) in [6.07, 6.45) is -2.50. The number of hydrogen-bond acceptors (Lipinski definition) is 3. The molecule has 17 heavy (non-hydrogen) atoms. The quantitative estimate of drug-likeness (QED) is 0.713. The topological polar surface area (TPSA) is 52.6 Å². The second-order valence-corrected chi connectivity index (χ2v) is 4.29. The average molecular weight is 254 g/mol. The Hall–Kier alpha value is -0.820. The van der Waals surface area contributed by atoms with Crippen molar-refractivity contribution in [2.45, 2.75) is 37.5 Å². The van der Waals surface area contributed by atoms with Crippen LogP contribution < -0.4 is 5.32 Å². The lowest BCUT2D eigenvalue weighted by Crippen LogP contribution is -2.41. The lowest BCUT2D eigenvalue weighted by molar-refractivity contribution is -0.148. The highest BCUT2D eigenvalue weighted by Crippen LogP contribution is 2.30. The molecule has 0 saturated heterocycles. The summed E-state index contributed by atoms with van der Waals surface area (Å²) in [7, 11) is 1.49. The summed E-state index contributed by atoms with van der Waals surface area (Å²) < 4.78 is 36.9. The zero-order valence-corrected chi connectivity index (χ0v) is 9.63. The highest BCUT2D eigenvalue weighted by Gasteiger charge is 2.38. The predicted molar refractivity (Wildman–Crippen MR) is 55.8 cm³/mol. The molecule has 1 aliphatic rings. The van der Waals surface area contributed by atoms with Gasteiger partial charge in [0.15, 0.2) is 0 Å². The number of halogens is 3. The third-order valence-electron chi connectivity index (χ3n) is 2.80. The molecule has 0 aromatic rings. The van der Waals surface area contributed by atoms with Gasteiger partial charge in [0.1, 0.15) is 6.04 Å². The van der Waals surface area contributed by atoms with Gasteiger partial charge in [0.05, 0.1) is 6.54 Å². The largest absolute Gasteiger partial charge is 0.480 e. The Morgan fingerprint density at radius 1 is 1.53 bits per heavy atom. The first-order valence-corrected chi connectivity index (χ1v) is 5.54. The third-order valence-corrected chi connectivity index (χ3v) is 2.80. The van der Waals surface area contributed by atoms with Crippen LogP contribution in [0.3, 0.4) is 0 Å². The minimum Gasteiger partial charge on any atom is -0.480 e. The van der Waals surface area contributed by atoms with E-state index in [2.05, 4.69) is 5.32 Å². The van der Waals surface area contributed by atoms with Crippen LogP contribution in [0.15, 0.2) is 0 Å². The van der Waals surface area contributed by atoms with Gasteiger partial charge in [0.2, 0.25) is 0 Å². The molecule has 0 aromatic heterocycles. The number of nitrogens with one attached hydrogen (secondary N) is 1. The summed E-state index contributed by atoms with van der Waals surface area (Å²) in [4.78, 5) is 12.0. The number of carboxylic acids is 1. The smallest absolute Gasteiger partial charge is 0.401 e. The van der Waals surface area contributed by atoms with Crippen LogP contribution in [-0.2, 0) is 4.79 Å². The molecule has 1 unspecified atom stereocenters. The molecule has 7 heteroatoms. The molecule has 100 valence electrons. The first-order valence-electron chi connectivity index (χ1n) is 5.54. The van der Waals surface area contributed by atoms with Crippen LogP contribution in [0.1, 0.15) is 19.3 Å². The minimum absolute atomic E-state index is 0.0251. The lowest BCUT2D eigenvalue weighted by atomic mass is 10.2. The number of nitrogens with zero attached hydrogens (tertiary/aromatic N) is 1. The summed E-state index contributed by atoms with van der Waals surface area (Å²) in [5.41, 5.74) is 0. The molecule has 2 N–H and O–H groups in total. The zero-order valence-electron chi connectivity index (χ0n) is 9.63. The molecule has 0 bridgehead atoms. The number of carboxylic acid groups (broad SMARTS) is 1. The van der Waals surface area contributed by atoms with Crippen molar-refractivity contribution < 1.29 is 23.1 Å². The van der Waals surface area contributed by atoms with E-state index < -0.39 is 24.7 Å². The van der Waals surface area contributed by atoms with Crippen LogP contribution in [0.5, 0.6) is 0 Å². The summed E-state index contributed by atoms with van der Waals surface area (Å²) in [5, 5.41) is 11.3. The van der Waals surface area contributed by atoms with Gasteiger partial charge in [-0.2, -0.15) is 13.2 Å². The summed E-state index contributed by atoms with van der Waals surface area (Å²) >= 11 is 0. The zero-order chi connectivity index (χ0) is 13.1. The van der Waals surface area contributed by atoms with E-state index in [1.807, 2.05) is 0 Å². The fraction of sp³-hybridized carbons (Fsp3) is 0.900. The Morgan fingerprint density at radius 3 is 2.47 bits per heavy atom. The summed E-state index contributed by atoms with van der Waals surface area (Å²) in [6.45, 7) is -0.796. The van der Waals surface area contributed by atoms with E-state index in [1.165, 1.54) is 11.9 Å². The van der Waals surface area contributed by atoms with E-state index in [-0.39, 0.29) is 19.0 Å². The van der Waals surface area contributed by atoms with Gasteiger partial charge in [-0.25, -0.2) is 0 Å². The van der Waals surface area contributed by atoms with Gasteiger partial charge in [0.25, 0.3) is 0 Å². The van der Waals surface area contributed by atoms with E-state index in [4.69, 9.17) is 5.11 Å². The first kappa shape index (κ1) is 14.2. The van der Waals surface area contributed by atoms with Crippen LogP contribution in [0, 0.1) is 0 Å². The van der Waals surface area contributed by atoms with E-state index >= 15 is 0 Å². The van der Waals surface area contributed by atoms with E-state index in [0.29, 0.717) is 0 Å². The molecule has 0 heterocycles. The van der Waals surface area contributed by atoms with Crippen LogP contribution in [0.4, 0.5) is 13.2 Å². The average Bonchev–Trinajstić information content (AvgIpc) is 2.97. The van der Waals surface area contributed by atoms with Gasteiger partial charge in [-0.05, 0) is 26.3 Å². The van der Waals surface area contributed by atoms with Gasteiger partial charge in [-0.15, -0.1) is 0 Å². The van der Waals surface area contributed by atoms with Gasteiger partial charge in [-0.3, -0.25) is 9.69 Å². The standard InChI is InChI=1S/C10H17F3N2O2/c1-14-8(9(16)17)4-5-15(7-2-3-7)6-10(11,12)13/h7-8,14H,2-6H2,1H3,(H,16,17). The fourth-order valence-electron chi connectivity index (χ4n) is 1.75. The van der Waals surface area contributed by atoms with E-state index in [0.717, 1.165) is 12.8 Å². The third kappa shape index (κ3) is 5.36. The number of carbonyl (C=O) groups is 1. The molecule has 0 aromatic carbocycles. The number of rotatable bonds is 7. The van der Waals surface area contributed by atoms with Crippen LogP contribution in [0.25, 0.3) is 0 Å². The molecule has 1 fully saturated rings. The van der Waals surface area contributed by atoms with Gasteiger partial charge in [0, 0.05) is 12.6 Å². The highest BCUT2D eigenvalue weighted by atomic mass is 19.4. The summed E-state index contributed by atoms with van der Waals surface area (Å²) in [5.74, 6) is -1.03. The SMILES string of the molecule is CNC(CCN(CC(F)(F)F)C1CC1)C(=O)O. The second kappa shape index (κ2) is 5.68. The van der Waals surface area contributed by atoms with Crippen LogP contribution >= 0.6 is 0 Å². The van der Waals surface area contributed by atoms with Crippen molar-refractivity contribution in [3.05, 3.63) is 0 Å². The van der Waals surface area contributed by atoms with Crippen molar-refractivity contribution in [2.24, 2.45) is 0 Å². The molecule has 1 rings (SSSR count). The maximum atomic E-state index is 12.3. The predicted octanol–water partition coefficient (Wildman–Crippen LogP) is 1.08. The number of likely N-dealkylation sites (N-methyl/N-ethyl adjacent to an activating group) is 1. The molecular formula is C10H17F3N2O2. The number of hydrogen-bond donors (Lipinski definition) is 2. The first-order chi connectivity index (χ1) is 7.83. The molecular weight excluding hydrogens is 237 g/mol. The molecule has 1 aliphatic carbocycles. The maximum Gasteiger partial charge on any atom is 0.401 e. The molecule has 1 atom stereocenters. The van der Waals surface area contributed by atoms with Gasteiger partial charge in [-0.1, -0.05) is 0 Å². The number of aliphatic carboxylic acids is 1. The number of alkyl halides is 3. The second-order valence-electron chi connectivity index (χ2n) is 4.29. The molecule has 0 radical (unpaired) electrons. The Balaban J connectivity index is 2.41. The molecule has 0 spiro atoms. The van der Waals surface area contributed by atoms with Gasteiger partial charge < -0.3 is 10.4 Å². The van der Waals surface area contributed by atoms with E-state index in [9.17, 15) is 18.0 Å². The molecule has 4 nitrogen and oxygen atoms in total. The highest BCUT2D eigenvalue weighted by molar-refractivity contribution is 5.73. The monoisotopic (exact) mass is 254 g/mol. The Kier molecular flexibility index (Phi) is 4.76.